The van der Waals surface area contributed by atoms with E-state index in [1.807, 2.05) is 0 Å². The smallest absolute Gasteiger partial charge is 0.133 e. The highest BCUT2D eigenvalue weighted by Crippen LogP contribution is 2.31. The first-order valence-corrected chi connectivity index (χ1v) is 7.15. The van der Waals surface area contributed by atoms with Crippen LogP contribution < -0.4 is 5.32 Å². The summed E-state index contributed by atoms with van der Waals surface area (Å²) in [7, 11) is 0. The van der Waals surface area contributed by atoms with Gasteiger partial charge in [-0.05, 0) is 23.9 Å². The van der Waals surface area contributed by atoms with E-state index in [-0.39, 0.29) is 0 Å². The number of nitrogens with one attached hydrogen (secondary N) is 1. The molecule has 2 nitrogen and oxygen atoms in total. The van der Waals surface area contributed by atoms with Gasteiger partial charge in [-0.15, -0.1) is 22.7 Å². The summed E-state index contributed by atoms with van der Waals surface area (Å²) in [6, 6.07) is 2.65. The van der Waals surface area contributed by atoms with Crippen LogP contribution in [-0.4, -0.2) is 11.0 Å². The van der Waals surface area contributed by atoms with E-state index >= 15 is 0 Å². The van der Waals surface area contributed by atoms with Crippen molar-refractivity contribution in [2.24, 2.45) is 0 Å². The Bertz CT molecular complexity index is 457. The molecule has 0 radical (unpaired) electrons. The molecule has 0 aliphatic heterocycles. The Kier molecular flexibility index (Phi) is 3.74. The molecule has 0 bridgehead atoms. The lowest BCUT2D eigenvalue weighted by Gasteiger charge is -2.04. The van der Waals surface area contributed by atoms with E-state index in [1.54, 1.807) is 22.7 Å². The maximum absolute atomic E-state index is 4.65. The van der Waals surface area contributed by atoms with Gasteiger partial charge in [-0.1, -0.05) is 13.8 Å². The van der Waals surface area contributed by atoms with Gasteiger partial charge in [0.05, 0.1) is 10.6 Å². The van der Waals surface area contributed by atoms with Crippen molar-refractivity contribution < 1.29 is 0 Å². The number of hydrogen-bond donors (Lipinski definition) is 1. The van der Waals surface area contributed by atoms with Gasteiger partial charge in [-0.25, -0.2) is 4.98 Å². The number of thiazole rings is 1. The van der Waals surface area contributed by atoms with Crippen LogP contribution >= 0.6 is 22.7 Å². The van der Waals surface area contributed by atoms with Crippen LogP contribution in [-0.2, 0) is 6.54 Å². The van der Waals surface area contributed by atoms with Crippen molar-refractivity contribution in [1.82, 2.24) is 10.3 Å². The third-order valence-corrected chi connectivity index (χ3v) is 4.36. The largest absolute Gasteiger partial charge is 0.309 e. The predicted octanol–water partition coefficient (Wildman–Crippen LogP) is 3.68. The molecular weight excluding hydrogens is 236 g/mol. The van der Waals surface area contributed by atoms with Crippen LogP contribution in [0.2, 0.25) is 0 Å². The van der Waals surface area contributed by atoms with E-state index in [4.69, 9.17) is 0 Å². The van der Waals surface area contributed by atoms with Crippen LogP contribution in [0.3, 0.4) is 0 Å². The van der Waals surface area contributed by atoms with Gasteiger partial charge in [0.25, 0.3) is 0 Å². The lowest BCUT2D eigenvalue weighted by Crippen LogP contribution is -2.21. The lowest BCUT2D eigenvalue weighted by molar-refractivity contribution is 0.583. The second kappa shape index (κ2) is 5.08. The number of rotatable bonds is 4. The molecule has 0 aromatic carbocycles. The Hall–Kier alpha value is -0.710. The van der Waals surface area contributed by atoms with Gasteiger partial charge in [0.15, 0.2) is 0 Å². The maximum Gasteiger partial charge on any atom is 0.133 e. The molecule has 0 aliphatic carbocycles. The molecule has 86 valence electrons. The summed E-state index contributed by atoms with van der Waals surface area (Å²) in [5, 5.41) is 8.79. The van der Waals surface area contributed by atoms with E-state index in [0.717, 1.165) is 17.2 Å². The van der Waals surface area contributed by atoms with E-state index in [1.165, 1.54) is 10.4 Å². The number of aromatic nitrogens is 1. The topological polar surface area (TPSA) is 24.9 Å². The van der Waals surface area contributed by atoms with Crippen molar-refractivity contribution in [3.63, 3.8) is 0 Å². The molecule has 0 aliphatic rings. The molecule has 2 rings (SSSR count). The minimum atomic E-state index is 0.508. The summed E-state index contributed by atoms with van der Waals surface area (Å²) < 4.78 is 0. The molecule has 16 heavy (non-hydrogen) atoms. The summed E-state index contributed by atoms with van der Waals surface area (Å²) in [4.78, 5) is 5.96. The number of nitrogens with zero attached hydrogens (tertiary/aromatic N) is 1. The first-order chi connectivity index (χ1) is 7.66. The highest BCUT2D eigenvalue weighted by atomic mass is 32.1. The zero-order chi connectivity index (χ0) is 11.5. The predicted molar refractivity (Wildman–Crippen MR) is 72.1 cm³/mol. The molecule has 0 saturated carbocycles. The Morgan fingerprint density at radius 2 is 2.19 bits per heavy atom. The minimum Gasteiger partial charge on any atom is -0.309 e. The maximum atomic E-state index is 4.65. The van der Waals surface area contributed by atoms with Gasteiger partial charge >= 0.3 is 0 Å². The van der Waals surface area contributed by atoms with E-state index in [0.29, 0.717) is 6.04 Å². The minimum absolute atomic E-state index is 0.508. The van der Waals surface area contributed by atoms with Gasteiger partial charge in [-0.3, -0.25) is 0 Å². The number of hydrogen-bond acceptors (Lipinski definition) is 4. The third-order valence-electron chi connectivity index (χ3n) is 2.30. The normalized spacial score (nSPS) is 11.2. The monoisotopic (exact) mass is 252 g/mol. The molecule has 4 heteroatoms. The molecule has 0 unspecified atom stereocenters. The fraction of sp³-hybridized carbons (Fsp3) is 0.417. The Morgan fingerprint density at radius 1 is 1.38 bits per heavy atom. The van der Waals surface area contributed by atoms with Gasteiger partial charge < -0.3 is 5.32 Å². The van der Waals surface area contributed by atoms with Gasteiger partial charge in [0, 0.05) is 18.0 Å². The van der Waals surface area contributed by atoms with E-state index in [9.17, 15) is 0 Å². The van der Waals surface area contributed by atoms with Crippen molar-refractivity contribution in [1.29, 1.82) is 0 Å². The standard InChI is InChI=1S/C12H16N2S2/c1-8(2)13-6-10-7-16-12(14-10)11-9(3)4-5-15-11/h4-5,7-8,13H,6H2,1-3H3. The highest BCUT2D eigenvalue weighted by molar-refractivity contribution is 7.20. The van der Waals surface area contributed by atoms with Crippen molar-refractivity contribution in [3.8, 4) is 9.88 Å². The zero-order valence-electron chi connectivity index (χ0n) is 9.78. The summed E-state index contributed by atoms with van der Waals surface area (Å²) in [5.41, 5.74) is 2.46. The van der Waals surface area contributed by atoms with Gasteiger partial charge in [0.2, 0.25) is 0 Å². The second-order valence-electron chi connectivity index (χ2n) is 4.11. The Morgan fingerprint density at radius 3 is 2.81 bits per heavy atom. The Balaban J connectivity index is 2.11. The fourth-order valence-electron chi connectivity index (χ4n) is 1.39. The van der Waals surface area contributed by atoms with Crippen LogP contribution in [0, 0.1) is 6.92 Å². The summed E-state index contributed by atoms with van der Waals surface area (Å²) in [6.07, 6.45) is 0. The highest BCUT2D eigenvalue weighted by Gasteiger charge is 2.08. The van der Waals surface area contributed by atoms with Crippen molar-refractivity contribution in [2.45, 2.75) is 33.4 Å². The molecule has 2 heterocycles. The molecule has 0 saturated heterocycles. The lowest BCUT2D eigenvalue weighted by atomic mass is 10.3. The van der Waals surface area contributed by atoms with Gasteiger partial charge in [0.1, 0.15) is 5.01 Å². The van der Waals surface area contributed by atoms with Crippen LogP contribution in [0.4, 0.5) is 0 Å². The van der Waals surface area contributed by atoms with Gasteiger partial charge in [-0.2, -0.15) is 0 Å². The zero-order valence-corrected chi connectivity index (χ0v) is 11.4. The van der Waals surface area contributed by atoms with Crippen LogP contribution in [0.25, 0.3) is 9.88 Å². The van der Waals surface area contributed by atoms with E-state index < -0.39 is 0 Å². The quantitative estimate of drug-likeness (QED) is 0.898. The van der Waals surface area contributed by atoms with Crippen molar-refractivity contribution in [2.75, 3.05) is 0 Å². The molecular formula is C12H16N2S2. The first kappa shape index (κ1) is 11.8. The van der Waals surface area contributed by atoms with Crippen LogP contribution in [0.15, 0.2) is 16.8 Å². The second-order valence-corrected chi connectivity index (χ2v) is 5.89. The van der Waals surface area contributed by atoms with E-state index in [2.05, 4.69) is 47.9 Å². The van der Waals surface area contributed by atoms with Crippen molar-refractivity contribution >= 4 is 22.7 Å². The van der Waals surface area contributed by atoms with Crippen LogP contribution in [0.5, 0.6) is 0 Å². The molecule has 0 atom stereocenters. The Labute approximate surface area is 104 Å². The molecule has 0 amide bonds. The summed E-state index contributed by atoms with van der Waals surface area (Å²) in [6.45, 7) is 7.30. The summed E-state index contributed by atoms with van der Waals surface area (Å²) >= 11 is 3.50. The number of aryl methyl sites for hydroxylation is 1. The molecule has 2 aromatic heterocycles. The average Bonchev–Trinajstić information content (AvgIpc) is 2.83. The van der Waals surface area contributed by atoms with Crippen molar-refractivity contribution in [3.05, 3.63) is 28.1 Å². The summed E-state index contributed by atoms with van der Waals surface area (Å²) in [5.74, 6) is 0. The fourth-order valence-corrected chi connectivity index (χ4v) is 3.31. The third kappa shape index (κ3) is 2.70. The molecule has 0 spiro atoms. The molecule has 0 fully saturated rings. The molecule has 2 aromatic rings. The number of thiophene rings is 1. The van der Waals surface area contributed by atoms with Crippen LogP contribution in [0.1, 0.15) is 25.1 Å². The first-order valence-electron chi connectivity index (χ1n) is 5.39. The molecule has 1 N–H and O–H groups in total. The average molecular weight is 252 g/mol. The SMILES string of the molecule is Cc1ccsc1-c1nc(CNC(C)C)cs1.